The molecule has 2 aromatic heterocycles. The zero-order chi connectivity index (χ0) is 10.7. The van der Waals surface area contributed by atoms with Gasteiger partial charge in [0.15, 0.2) is 0 Å². The zero-order valence-electron chi connectivity index (χ0n) is 9.37. The van der Waals surface area contributed by atoms with E-state index in [1.165, 1.54) is 0 Å². The summed E-state index contributed by atoms with van der Waals surface area (Å²) in [6, 6.07) is 0. The Balaban J connectivity index is 0.000000461. The monoisotopic (exact) mass is 192 g/mol. The second kappa shape index (κ2) is 4.17. The number of nitrogens with zero attached hydrogens (tertiary/aromatic N) is 4. The first-order valence-electron chi connectivity index (χ1n) is 4.81. The van der Waals surface area contributed by atoms with Crippen LogP contribution in [0.4, 0.5) is 0 Å². The van der Waals surface area contributed by atoms with Crippen LogP contribution in [0, 0.1) is 13.8 Å². The summed E-state index contributed by atoms with van der Waals surface area (Å²) in [6.07, 6.45) is 1.76. The lowest BCUT2D eigenvalue weighted by atomic mass is 10.3. The van der Waals surface area contributed by atoms with Gasteiger partial charge in [0.05, 0.1) is 11.9 Å². The minimum atomic E-state index is 0.799. The fraction of sp³-hybridized carbons (Fsp3) is 0.500. The third kappa shape index (κ3) is 1.73. The summed E-state index contributed by atoms with van der Waals surface area (Å²) < 4.78 is 1.80. The SMILES string of the molecule is CC.Cc1nc(C)c2c(cnn2C)n1. The summed E-state index contributed by atoms with van der Waals surface area (Å²) in [7, 11) is 1.90. The van der Waals surface area contributed by atoms with E-state index < -0.39 is 0 Å². The lowest BCUT2D eigenvalue weighted by molar-refractivity contribution is 0.791. The molecular weight excluding hydrogens is 176 g/mol. The molecule has 0 aliphatic rings. The van der Waals surface area contributed by atoms with Gasteiger partial charge in [0.1, 0.15) is 16.9 Å². The molecule has 0 unspecified atom stereocenters. The summed E-state index contributed by atoms with van der Waals surface area (Å²) >= 11 is 0. The van der Waals surface area contributed by atoms with Crippen LogP contribution in [0.5, 0.6) is 0 Å². The van der Waals surface area contributed by atoms with E-state index in [4.69, 9.17) is 0 Å². The van der Waals surface area contributed by atoms with Crippen LogP contribution in [0.25, 0.3) is 11.0 Å². The highest BCUT2D eigenvalue weighted by Crippen LogP contribution is 2.12. The summed E-state index contributed by atoms with van der Waals surface area (Å²) in [4.78, 5) is 8.53. The lowest BCUT2D eigenvalue weighted by Crippen LogP contribution is -1.96. The lowest BCUT2D eigenvalue weighted by Gasteiger charge is -1.98. The molecule has 14 heavy (non-hydrogen) atoms. The molecule has 76 valence electrons. The molecule has 0 bridgehead atoms. The molecule has 0 aliphatic carbocycles. The first-order chi connectivity index (χ1) is 6.68. The van der Waals surface area contributed by atoms with Crippen molar-refractivity contribution in [1.82, 2.24) is 19.7 Å². The van der Waals surface area contributed by atoms with E-state index in [2.05, 4.69) is 15.1 Å². The van der Waals surface area contributed by atoms with E-state index in [0.29, 0.717) is 0 Å². The van der Waals surface area contributed by atoms with Gasteiger partial charge in [-0.1, -0.05) is 13.8 Å². The molecular formula is C10H16N4. The number of rotatable bonds is 0. The Kier molecular flexibility index (Phi) is 3.17. The van der Waals surface area contributed by atoms with E-state index in [9.17, 15) is 0 Å². The van der Waals surface area contributed by atoms with Crippen LogP contribution in [-0.4, -0.2) is 19.7 Å². The molecule has 0 saturated carbocycles. The van der Waals surface area contributed by atoms with Gasteiger partial charge in [-0.3, -0.25) is 4.68 Å². The molecule has 0 fully saturated rings. The van der Waals surface area contributed by atoms with Gasteiger partial charge in [0, 0.05) is 7.05 Å². The smallest absolute Gasteiger partial charge is 0.126 e. The topological polar surface area (TPSA) is 43.6 Å². The van der Waals surface area contributed by atoms with Crippen molar-refractivity contribution in [3.05, 3.63) is 17.7 Å². The van der Waals surface area contributed by atoms with Crippen molar-refractivity contribution in [3.8, 4) is 0 Å². The van der Waals surface area contributed by atoms with Gasteiger partial charge in [0.25, 0.3) is 0 Å². The van der Waals surface area contributed by atoms with Crippen molar-refractivity contribution >= 4 is 11.0 Å². The summed E-state index contributed by atoms with van der Waals surface area (Å²) in [5.41, 5.74) is 2.92. The third-order valence-corrected chi connectivity index (χ3v) is 1.87. The predicted octanol–water partition coefficient (Wildman–Crippen LogP) is 2.01. The van der Waals surface area contributed by atoms with Crippen LogP contribution in [0.1, 0.15) is 25.4 Å². The van der Waals surface area contributed by atoms with E-state index in [1.54, 1.807) is 10.9 Å². The number of fused-ring (bicyclic) bond motifs is 1. The van der Waals surface area contributed by atoms with Gasteiger partial charge in [-0.25, -0.2) is 9.97 Å². The molecule has 4 nitrogen and oxygen atoms in total. The van der Waals surface area contributed by atoms with Crippen LogP contribution in [0.15, 0.2) is 6.20 Å². The summed E-state index contributed by atoms with van der Waals surface area (Å²) in [5.74, 6) is 0.799. The van der Waals surface area contributed by atoms with Crippen molar-refractivity contribution in [2.75, 3.05) is 0 Å². The summed E-state index contributed by atoms with van der Waals surface area (Å²) in [5, 5.41) is 4.11. The first-order valence-corrected chi connectivity index (χ1v) is 4.81. The minimum absolute atomic E-state index is 0.799. The van der Waals surface area contributed by atoms with E-state index in [0.717, 1.165) is 22.6 Å². The molecule has 4 heteroatoms. The maximum atomic E-state index is 4.26. The van der Waals surface area contributed by atoms with Crippen LogP contribution < -0.4 is 0 Å². The van der Waals surface area contributed by atoms with Crippen molar-refractivity contribution < 1.29 is 0 Å². The highest BCUT2D eigenvalue weighted by atomic mass is 15.3. The molecule has 0 radical (unpaired) electrons. The van der Waals surface area contributed by atoms with E-state index in [-0.39, 0.29) is 0 Å². The Morgan fingerprint density at radius 1 is 1.14 bits per heavy atom. The average Bonchev–Trinajstić information content (AvgIpc) is 2.51. The molecule has 2 aromatic rings. The van der Waals surface area contributed by atoms with E-state index in [1.807, 2.05) is 34.7 Å². The molecule has 0 aliphatic heterocycles. The Morgan fingerprint density at radius 2 is 1.79 bits per heavy atom. The Morgan fingerprint density at radius 3 is 2.43 bits per heavy atom. The Labute approximate surface area is 84.0 Å². The third-order valence-electron chi connectivity index (χ3n) is 1.87. The zero-order valence-corrected chi connectivity index (χ0v) is 9.37. The number of aromatic nitrogens is 4. The quantitative estimate of drug-likeness (QED) is 0.641. The van der Waals surface area contributed by atoms with Crippen molar-refractivity contribution in [3.63, 3.8) is 0 Å². The van der Waals surface area contributed by atoms with Crippen LogP contribution in [-0.2, 0) is 7.05 Å². The molecule has 0 spiro atoms. The van der Waals surface area contributed by atoms with Crippen LogP contribution >= 0.6 is 0 Å². The van der Waals surface area contributed by atoms with E-state index >= 15 is 0 Å². The molecule has 0 saturated heterocycles. The molecule has 0 atom stereocenters. The van der Waals surface area contributed by atoms with Crippen LogP contribution in [0.2, 0.25) is 0 Å². The average molecular weight is 192 g/mol. The fourth-order valence-corrected chi connectivity index (χ4v) is 1.42. The van der Waals surface area contributed by atoms with Gasteiger partial charge in [-0.05, 0) is 13.8 Å². The minimum Gasteiger partial charge on any atom is -0.264 e. The highest BCUT2D eigenvalue weighted by Gasteiger charge is 2.05. The van der Waals surface area contributed by atoms with Crippen molar-refractivity contribution in [1.29, 1.82) is 0 Å². The molecule has 2 heterocycles. The van der Waals surface area contributed by atoms with Crippen molar-refractivity contribution in [2.24, 2.45) is 7.05 Å². The van der Waals surface area contributed by atoms with Crippen LogP contribution in [0.3, 0.4) is 0 Å². The van der Waals surface area contributed by atoms with Gasteiger partial charge >= 0.3 is 0 Å². The highest BCUT2D eigenvalue weighted by molar-refractivity contribution is 5.76. The molecule has 0 aromatic carbocycles. The molecule has 2 rings (SSSR count). The fourth-order valence-electron chi connectivity index (χ4n) is 1.42. The van der Waals surface area contributed by atoms with Crippen molar-refractivity contribution in [2.45, 2.75) is 27.7 Å². The van der Waals surface area contributed by atoms with Gasteiger partial charge in [-0.2, -0.15) is 5.10 Å². The second-order valence-electron chi connectivity index (χ2n) is 2.86. The van der Waals surface area contributed by atoms with Gasteiger partial charge < -0.3 is 0 Å². The van der Waals surface area contributed by atoms with Gasteiger partial charge in [0.2, 0.25) is 0 Å². The summed E-state index contributed by atoms with van der Waals surface area (Å²) in [6.45, 7) is 7.86. The van der Waals surface area contributed by atoms with Gasteiger partial charge in [-0.15, -0.1) is 0 Å². The molecule has 0 amide bonds. The Hall–Kier alpha value is -1.45. The molecule has 0 N–H and O–H groups in total. The maximum absolute atomic E-state index is 4.26. The maximum Gasteiger partial charge on any atom is 0.126 e. The predicted molar refractivity (Wildman–Crippen MR) is 57.1 cm³/mol. The second-order valence-corrected chi connectivity index (χ2v) is 2.86. The largest absolute Gasteiger partial charge is 0.264 e. The number of hydrogen-bond acceptors (Lipinski definition) is 3. The first kappa shape index (κ1) is 10.6. The number of aryl methyl sites for hydroxylation is 3. The number of hydrogen-bond donors (Lipinski definition) is 0. The Bertz CT molecular complexity index is 431. The standard InChI is InChI=1S/C8H10N4.C2H6/c1-5-8-7(4-9-12(8)3)11-6(2)10-5;1-2/h4H,1-3H3;1-2H3. The normalized spacial score (nSPS) is 9.79.